The second kappa shape index (κ2) is 7.34. The maximum absolute atomic E-state index is 2.38. The number of aromatic nitrogens is 2. The Labute approximate surface area is 164 Å². The average molecular weight is 362 g/mol. The van der Waals surface area contributed by atoms with Gasteiger partial charge in [0.05, 0.1) is 7.05 Å². The van der Waals surface area contributed by atoms with Crippen molar-refractivity contribution in [1.82, 2.24) is 4.57 Å². The monoisotopic (exact) mass is 361 g/mol. The van der Waals surface area contributed by atoms with E-state index in [4.69, 9.17) is 0 Å². The molecule has 0 radical (unpaired) electrons. The van der Waals surface area contributed by atoms with Crippen LogP contribution >= 0.6 is 0 Å². The SMILES string of the molecule is Cc1cc(-c2c(C(C)C)cccc2C(C)C)cc(-n2cc[n+](C)c2C)c1C. The summed E-state index contributed by atoms with van der Waals surface area (Å²) < 4.78 is 4.47. The molecule has 3 aromatic rings. The fraction of sp³-hybridized carbons (Fsp3) is 0.400. The second-order valence-corrected chi connectivity index (χ2v) is 8.38. The van der Waals surface area contributed by atoms with Gasteiger partial charge in [-0.05, 0) is 65.1 Å². The third-order valence-corrected chi connectivity index (χ3v) is 5.86. The molecule has 0 amide bonds. The van der Waals surface area contributed by atoms with Crippen LogP contribution in [-0.4, -0.2) is 4.57 Å². The largest absolute Gasteiger partial charge is 0.258 e. The van der Waals surface area contributed by atoms with Gasteiger partial charge in [0.2, 0.25) is 0 Å². The highest BCUT2D eigenvalue weighted by atomic mass is 15.1. The molecule has 0 aliphatic rings. The van der Waals surface area contributed by atoms with Crippen molar-refractivity contribution in [2.24, 2.45) is 7.05 Å². The van der Waals surface area contributed by atoms with Crippen molar-refractivity contribution in [3.8, 4) is 16.8 Å². The molecule has 1 heterocycles. The molecule has 0 bridgehead atoms. The number of hydrogen-bond acceptors (Lipinski definition) is 0. The van der Waals surface area contributed by atoms with Gasteiger partial charge in [-0.1, -0.05) is 52.0 Å². The van der Waals surface area contributed by atoms with Crippen LogP contribution in [0.25, 0.3) is 16.8 Å². The Morgan fingerprint density at radius 3 is 1.96 bits per heavy atom. The van der Waals surface area contributed by atoms with Crippen molar-refractivity contribution in [3.05, 3.63) is 70.8 Å². The zero-order valence-electron chi connectivity index (χ0n) is 18.1. The minimum Gasteiger partial charge on any atom is -0.237 e. The molecule has 0 saturated carbocycles. The lowest BCUT2D eigenvalue weighted by Gasteiger charge is -2.21. The molecule has 0 fully saturated rings. The van der Waals surface area contributed by atoms with E-state index < -0.39 is 0 Å². The zero-order chi connectivity index (χ0) is 19.9. The van der Waals surface area contributed by atoms with Gasteiger partial charge in [-0.15, -0.1) is 0 Å². The molecule has 2 heteroatoms. The maximum atomic E-state index is 2.38. The molecule has 3 rings (SSSR count). The van der Waals surface area contributed by atoms with Crippen LogP contribution in [-0.2, 0) is 7.05 Å². The van der Waals surface area contributed by atoms with Crippen LogP contribution in [0.1, 0.15) is 67.6 Å². The van der Waals surface area contributed by atoms with E-state index >= 15 is 0 Å². The number of imidazole rings is 1. The van der Waals surface area contributed by atoms with Crippen LogP contribution in [0, 0.1) is 20.8 Å². The molecule has 0 unspecified atom stereocenters. The molecule has 142 valence electrons. The number of hydrogen-bond donors (Lipinski definition) is 0. The van der Waals surface area contributed by atoms with Gasteiger partial charge in [-0.3, -0.25) is 0 Å². The Bertz CT molecular complexity index is 948. The summed E-state index contributed by atoms with van der Waals surface area (Å²) in [6.45, 7) is 15.8. The van der Waals surface area contributed by atoms with Crippen LogP contribution in [0.15, 0.2) is 42.7 Å². The molecule has 0 N–H and O–H groups in total. The lowest BCUT2D eigenvalue weighted by Crippen LogP contribution is -2.29. The summed E-state index contributed by atoms with van der Waals surface area (Å²) in [6.07, 6.45) is 4.29. The van der Waals surface area contributed by atoms with Gasteiger partial charge in [0, 0.05) is 6.92 Å². The van der Waals surface area contributed by atoms with Gasteiger partial charge in [0.25, 0.3) is 5.82 Å². The molecule has 0 atom stereocenters. The highest BCUT2D eigenvalue weighted by molar-refractivity contribution is 5.75. The molecule has 27 heavy (non-hydrogen) atoms. The lowest BCUT2D eigenvalue weighted by atomic mass is 9.84. The van der Waals surface area contributed by atoms with Crippen molar-refractivity contribution in [3.63, 3.8) is 0 Å². The summed E-state index contributed by atoms with van der Waals surface area (Å²) in [4.78, 5) is 0. The Morgan fingerprint density at radius 2 is 1.48 bits per heavy atom. The first-order chi connectivity index (χ1) is 12.7. The minimum absolute atomic E-state index is 0.495. The van der Waals surface area contributed by atoms with E-state index in [1.165, 1.54) is 44.9 Å². The number of aryl methyl sites for hydroxylation is 2. The van der Waals surface area contributed by atoms with E-state index in [2.05, 4.69) is 107 Å². The van der Waals surface area contributed by atoms with Crippen molar-refractivity contribution in [2.75, 3.05) is 0 Å². The molecular weight excluding hydrogens is 328 g/mol. The zero-order valence-corrected chi connectivity index (χ0v) is 18.1. The Morgan fingerprint density at radius 1 is 0.889 bits per heavy atom. The summed E-state index contributed by atoms with van der Waals surface area (Å²) >= 11 is 0. The van der Waals surface area contributed by atoms with Crippen molar-refractivity contribution in [1.29, 1.82) is 0 Å². The smallest absolute Gasteiger partial charge is 0.237 e. The summed E-state index contributed by atoms with van der Waals surface area (Å²) in [5.41, 5.74) is 9.57. The minimum atomic E-state index is 0.495. The molecule has 0 saturated heterocycles. The molecule has 0 aliphatic carbocycles. The van der Waals surface area contributed by atoms with Crippen molar-refractivity contribution < 1.29 is 4.57 Å². The molecule has 0 spiro atoms. The van der Waals surface area contributed by atoms with Gasteiger partial charge in [0.15, 0.2) is 0 Å². The van der Waals surface area contributed by atoms with Gasteiger partial charge in [-0.2, -0.15) is 4.57 Å². The Hall–Kier alpha value is -2.35. The van der Waals surface area contributed by atoms with Gasteiger partial charge < -0.3 is 0 Å². The summed E-state index contributed by atoms with van der Waals surface area (Å²) in [5, 5.41) is 0. The predicted octanol–water partition coefficient (Wildman–Crippen LogP) is 6.14. The van der Waals surface area contributed by atoms with E-state index in [0.29, 0.717) is 11.8 Å². The van der Waals surface area contributed by atoms with Gasteiger partial charge in [-0.25, -0.2) is 4.57 Å². The van der Waals surface area contributed by atoms with E-state index in [9.17, 15) is 0 Å². The topological polar surface area (TPSA) is 8.81 Å². The quantitative estimate of drug-likeness (QED) is 0.493. The molecule has 1 aromatic heterocycles. The second-order valence-electron chi connectivity index (χ2n) is 8.38. The lowest BCUT2D eigenvalue weighted by molar-refractivity contribution is -0.677. The van der Waals surface area contributed by atoms with Gasteiger partial charge in [0.1, 0.15) is 18.1 Å². The first-order valence-electron chi connectivity index (χ1n) is 10.0. The highest BCUT2D eigenvalue weighted by Gasteiger charge is 2.20. The first-order valence-corrected chi connectivity index (χ1v) is 10.0. The summed E-state index contributed by atoms with van der Waals surface area (Å²) in [6, 6.07) is 11.5. The van der Waals surface area contributed by atoms with E-state index in [1.54, 1.807) is 0 Å². The number of nitrogens with zero attached hydrogens (tertiary/aromatic N) is 2. The van der Waals surface area contributed by atoms with E-state index in [-0.39, 0.29) is 0 Å². The van der Waals surface area contributed by atoms with Crippen LogP contribution in [0.5, 0.6) is 0 Å². The maximum Gasteiger partial charge on any atom is 0.258 e. The van der Waals surface area contributed by atoms with Crippen LogP contribution in [0.2, 0.25) is 0 Å². The van der Waals surface area contributed by atoms with E-state index in [0.717, 1.165) is 0 Å². The average Bonchev–Trinajstić information content (AvgIpc) is 2.95. The summed E-state index contributed by atoms with van der Waals surface area (Å²) in [7, 11) is 2.10. The standard InChI is InChI=1S/C25H33N2/c1-16(2)22-10-9-11-23(17(3)4)25(22)21-14-18(5)19(6)24(15-21)27-13-12-26(8)20(27)7/h9-17H,1-8H3/q+1. The first kappa shape index (κ1) is 19.4. The molecular formula is C25H33N2+. The van der Waals surface area contributed by atoms with Crippen molar-refractivity contribution in [2.45, 2.75) is 60.3 Å². The third-order valence-electron chi connectivity index (χ3n) is 5.86. The normalized spacial score (nSPS) is 11.6. The van der Waals surface area contributed by atoms with Gasteiger partial charge >= 0.3 is 0 Å². The predicted molar refractivity (Wildman–Crippen MR) is 115 cm³/mol. The van der Waals surface area contributed by atoms with E-state index in [1.807, 2.05) is 0 Å². The highest BCUT2D eigenvalue weighted by Crippen LogP contribution is 2.38. The summed E-state index contributed by atoms with van der Waals surface area (Å²) in [5.74, 6) is 2.22. The fourth-order valence-corrected chi connectivity index (χ4v) is 3.93. The molecule has 0 aliphatic heterocycles. The molecule has 2 aromatic carbocycles. The Kier molecular flexibility index (Phi) is 5.28. The number of benzene rings is 2. The third kappa shape index (κ3) is 3.45. The van der Waals surface area contributed by atoms with Crippen LogP contribution in [0.4, 0.5) is 0 Å². The van der Waals surface area contributed by atoms with Crippen LogP contribution < -0.4 is 4.57 Å². The Balaban J connectivity index is 2.33. The fourth-order valence-electron chi connectivity index (χ4n) is 3.93. The van der Waals surface area contributed by atoms with Crippen molar-refractivity contribution >= 4 is 0 Å². The number of rotatable bonds is 4. The molecule has 2 nitrogen and oxygen atoms in total. The van der Waals surface area contributed by atoms with Crippen LogP contribution in [0.3, 0.4) is 0 Å².